The first-order chi connectivity index (χ1) is 6.70. The Hall–Kier alpha value is -0.520. The van der Waals surface area contributed by atoms with Crippen LogP contribution in [0.15, 0.2) is 23.3 Å². The molecule has 0 aliphatic heterocycles. The van der Waals surface area contributed by atoms with E-state index in [9.17, 15) is 0 Å². The molecule has 14 heavy (non-hydrogen) atoms. The van der Waals surface area contributed by atoms with Gasteiger partial charge in [-0.25, -0.2) is 0 Å². The Morgan fingerprint density at radius 1 is 1.21 bits per heavy atom. The van der Waals surface area contributed by atoms with Gasteiger partial charge in [-0.2, -0.15) is 0 Å². The average Bonchev–Trinajstić information content (AvgIpc) is 2.16. The minimum Gasteiger partial charge on any atom is -0.0993 e. The summed E-state index contributed by atoms with van der Waals surface area (Å²) in [5.74, 6) is 0.672. The number of allylic oxidation sites excluding steroid dienone is 3. The maximum atomic E-state index is 4.25. The highest BCUT2D eigenvalue weighted by atomic mass is 14.2. The zero-order chi connectivity index (χ0) is 10.6. The second-order valence-electron chi connectivity index (χ2n) is 4.47. The third-order valence-electron chi connectivity index (χ3n) is 3.63. The van der Waals surface area contributed by atoms with Gasteiger partial charge in [0, 0.05) is 5.92 Å². The van der Waals surface area contributed by atoms with Crippen molar-refractivity contribution in [2.45, 2.75) is 59.3 Å². The Morgan fingerprint density at radius 2 is 1.86 bits per heavy atom. The Labute approximate surface area is 89.1 Å². The third-order valence-corrected chi connectivity index (χ3v) is 3.63. The molecule has 80 valence electrons. The van der Waals surface area contributed by atoms with Crippen LogP contribution in [0.3, 0.4) is 0 Å². The van der Waals surface area contributed by atoms with Crippen molar-refractivity contribution >= 4 is 0 Å². The molecular formula is C14H24. The lowest BCUT2D eigenvalue weighted by atomic mass is 9.81. The minimum atomic E-state index is 0.672. The molecule has 0 fully saturated rings. The minimum absolute atomic E-state index is 0.672. The van der Waals surface area contributed by atoms with Crippen LogP contribution in [0.2, 0.25) is 0 Å². The van der Waals surface area contributed by atoms with Crippen molar-refractivity contribution in [2.24, 2.45) is 5.92 Å². The fourth-order valence-electron chi connectivity index (χ4n) is 2.66. The predicted octanol–water partition coefficient (Wildman–Crippen LogP) is 4.87. The molecule has 1 unspecified atom stereocenters. The number of rotatable bonds is 2. The normalized spacial score (nSPS) is 29.9. The van der Waals surface area contributed by atoms with Crippen molar-refractivity contribution in [2.75, 3.05) is 0 Å². The van der Waals surface area contributed by atoms with Gasteiger partial charge < -0.3 is 0 Å². The highest BCUT2D eigenvalue weighted by Gasteiger charge is 2.17. The maximum absolute atomic E-state index is 4.25. The lowest BCUT2D eigenvalue weighted by molar-refractivity contribution is 0.581. The standard InChI is InChI=1S/C14H24/c1-5-13-10-8-7-9-11(3)14(6-2)12(13)4/h14H,3,5-10H2,1-2,4H3/b13-12+. The fraction of sp³-hybridized carbons (Fsp3) is 0.714. The highest BCUT2D eigenvalue weighted by molar-refractivity contribution is 5.24. The van der Waals surface area contributed by atoms with Gasteiger partial charge >= 0.3 is 0 Å². The van der Waals surface area contributed by atoms with Crippen LogP contribution >= 0.6 is 0 Å². The van der Waals surface area contributed by atoms with Crippen LogP contribution in [0.1, 0.15) is 59.3 Å². The summed E-state index contributed by atoms with van der Waals surface area (Å²) < 4.78 is 0. The van der Waals surface area contributed by atoms with Gasteiger partial charge in [0.15, 0.2) is 0 Å². The molecule has 0 aromatic heterocycles. The van der Waals surface area contributed by atoms with E-state index in [1.54, 1.807) is 11.1 Å². The Kier molecular flexibility index (Phi) is 4.44. The topological polar surface area (TPSA) is 0 Å². The van der Waals surface area contributed by atoms with Gasteiger partial charge in [-0.1, -0.05) is 37.1 Å². The first-order valence-corrected chi connectivity index (χ1v) is 6.06. The average molecular weight is 192 g/mol. The van der Waals surface area contributed by atoms with Crippen LogP contribution in [0.25, 0.3) is 0 Å². The van der Waals surface area contributed by atoms with E-state index in [1.807, 2.05) is 0 Å². The Morgan fingerprint density at radius 3 is 2.43 bits per heavy atom. The third kappa shape index (κ3) is 2.50. The van der Waals surface area contributed by atoms with E-state index in [0.717, 1.165) is 0 Å². The van der Waals surface area contributed by atoms with Gasteiger partial charge in [0.05, 0.1) is 0 Å². The second-order valence-corrected chi connectivity index (χ2v) is 4.47. The molecule has 1 aliphatic rings. The molecule has 0 bridgehead atoms. The summed E-state index contributed by atoms with van der Waals surface area (Å²) in [4.78, 5) is 0. The molecule has 0 radical (unpaired) electrons. The molecule has 0 spiro atoms. The zero-order valence-electron chi connectivity index (χ0n) is 10.0. The molecule has 0 nitrogen and oxygen atoms in total. The van der Waals surface area contributed by atoms with Crippen LogP contribution in [0.4, 0.5) is 0 Å². The van der Waals surface area contributed by atoms with E-state index < -0.39 is 0 Å². The molecule has 0 heteroatoms. The van der Waals surface area contributed by atoms with Crippen LogP contribution < -0.4 is 0 Å². The molecule has 0 aromatic carbocycles. The van der Waals surface area contributed by atoms with E-state index in [1.165, 1.54) is 44.1 Å². The van der Waals surface area contributed by atoms with Gasteiger partial charge in [-0.15, -0.1) is 0 Å². The second kappa shape index (κ2) is 5.38. The first kappa shape index (κ1) is 11.6. The molecule has 0 saturated carbocycles. The van der Waals surface area contributed by atoms with E-state index in [-0.39, 0.29) is 0 Å². The molecule has 1 rings (SSSR count). The number of hydrogen-bond donors (Lipinski definition) is 0. The lowest BCUT2D eigenvalue weighted by Crippen LogP contribution is -2.09. The summed E-state index contributed by atoms with van der Waals surface area (Å²) in [5, 5.41) is 0. The van der Waals surface area contributed by atoms with E-state index in [0.29, 0.717) is 5.92 Å². The largest absolute Gasteiger partial charge is 0.0993 e. The lowest BCUT2D eigenvalue weighted by Gasteiger charge is -2.25. The maximum Gasteiger partial charge on any atom is 0.000152 e. The van der Waals surface area contributed by atoms with Crippen molar-refractivity contribution < 1.29 is 0 Å². The molecule has 1 atom stereocenters. The summed E-state index contributed by atoms with van der Waals surface area (Å²) in [7, 11) is 0. The van der Waals surface area contributed by atoms with Gasteiger partial charge in [0.2, 0.25) is 0 Å². The SMILES string of the molecule is C=C1CCCC/C(CC)=C(\C)C1CC. The summed E-state index contributed by atoms with van der Waals surface area (Å²) in [6.07, 6.45) is 7.73. The van der Waals surface area contributed by atoms with Crippen molar-refractivity contribution in [3.8, 4) is 0 Å². The van der Waals surface area contributed by atoms with Crippen molar-refractivity contribution in [1.82, 2.24) is 0 Å². The molecule has 0 heterocycles. The monoisotopic (exact) mass is 192 g/mol. The highest BCUT2D eigenvalue weighted by Crippen LogP contribution is 2.33. The zero-order valence-corrected chi connectivity index (χ0v) is 10.0. The predicted molar refractivity (Wildman–Crippen MR) is 64.4 cm³/mol. The summed E-state index contributed by atoms with van der Waals surface area (Å²) in [6.45, 7) is 11.1. The molecular weight excluding hydrogens is 168 g/mol. The Bertz CT molecular complexity index is 232. The van der Waals surface area contributed by atoms with Crippen LogP contribution in [-0.4, -0.2) is 0 Å². The molecule has 0 saturated heterocycles. The molecule has 1 aliphatic carbocycles. The van der Waals surface area contributed by atoms with Crippen LogP contribution in [-0.2, 0) is 0 Å². The smallest absolute Gasteiger partial charge is 0.000152 e. The van der Waals surface area contributed by atoms with E-state index >= 15 is 0 Å². The quantitative estimate of drug-likeness (QED) is 0.548. The van der Waals surface area contributed by atoms with Gasteiger partial charge in [-0.05, 0) is 45.4 Å². The number of hydrogen-bond acceptors (Lipinski definition) is 0. The summed E-state index contributed by atoms with van der Waals surface area (Å²) in [6, 6.07) is 0. The van der Waals surface area contributed by atoms with Crippen LogP contribution in [0, 0.1) is 5.92 Å². The molecule has 0 N–H and O–H groups in total. The van der Waals surface area contributed by atoms with Gasteiger partial charge in [0.25, 0.3) is 0 Å². The van der Waals surface area contributed by atoms with E-state index in [2.05, 4.69) is 27.4 Å². The van der Waals surface area contributed by atoms with Gasteiger partial charge in [0.1, 0.15) is 0 Å². The van der Waals surface area contributed by atoms with Gasteiger partial charge in [-0.3, -0.25) is 0 Å². The van der Waals surface area contributed by atoms with Crippen molar-refractivity contribution in [3.05, 3.63) is 23.3 Å². The molecule has 0 amide bonds. The van der Waals surface area contributed by atoms with Crippen molar-refractivity contribution in [1.29, 1.82) is 0 Å². The fourth-order valence-corrected chi connectivity index (χ4v) is 2.66. The summed E-state index contributed by atoms with van der Waals surface area (Å²) >= 11 is 0. The van der Waals surface area contributed by atoms with E-state index in [4.69, 9.17) is 0 Å². The molecule has 0 aromatic rings. The summed E-state index contributed by atoms with van der Waals surface area (Å²) in [5.41, 5.74) is 4.79. The van der Waals surface area contributed by atoms with Crippen LogP contribution in [0.5, 0.6) is 0 Å². The first-order valence-electron chi connectivity index (χ1n) is 6.06. The Balaban J connectivity index is 2.93. The van der Waals surface area contributed by atoms with Crippen molar-refractivity contribution in [3.63, 3.8) is 0 Å².